The van der Waals surface area contributed by atoms with Gasteiger partial charge in [0.25, 0.3) is 0 Å². The monoisotopic (exact) mass is 302 g/mol. The Kier molecular flexibility index (Phi) is 3.25. The molecule has 44 valence electrons. The summed E-state index contributed by atoms with van der Waals surface area (Å²) in [4.78, 5) is -4.02. The molecule has 0 N–H and O–H groups in total. The summed E-state index contributed by atoms with van der Waals surface area (Å²) in [6, 6.07) is 0. The number of rotatable bonds is 0. The van der Waals surface area contributed by atoms with Gasteiger partial charge in [0.2, 0.25) is 0 Å². The first-order chi connectivity index (χ1) is 2.94. The van der Waals surface area contributed by atoms with Crippen LogP contribution in [0.3, 0.4) is 0 Å². The Morgan fingerprint density at radius 2 is 1.29 bits per heavy atom. The molecule has 0 saturated carbocycles. The first-order valence-corrected chi connectivity index (χ1v) is 10.9. The van der Waals surface area contributed by atoms with Crippen molar-refractivity contribution in [3.05, 3.63) is 0 Å². The second kappa shape index (κ2) is 2.74. The van der Waals surface area contributed by atoms with Crippen LogP contribution in [-0.2, 0) is 0 Å². The van der Waals surface area contributed by atoms with Crippen molar-refractivity contribution in [1.82, 2.24) is 0 Å². The van der Waals surface area contributed by atoms with Crippen LogP contribution >= 0.6 is 27.9 Å². The summed E-state index contributed by atoms with van der Waals surface area (Å²) in [5.41, 5.74) is 0. The molecule has 0 aromatic rings. The van der Waals surface area contributed by atoms with Crippen molar-refractivity contribution >= 4 is 38.8 Å². The Morgan fingerprint density at radius 3 is 1.29 bits per heavy atom. The standard InChI is InChI=1S/CAsBr2F3/c3-2(4)1(5,6)7. The minimum atomic E-state index is -4.02. The van der Waals surface area contributed by atoms with Gasteiger partial charge in [-0.25, -0.2) is 0 Å². The Morgan fingerprint density at radius 1 is 1.14 bits per heavy atom. The Labute approximate surface area is 56.9 Å². The summed E-state index contributed by atoms with van der Waals surface area (Å²) in [5.74, 6) is 0. The first kappa shape index (κ1) is 8.31. The zero-order valence-corrected chi connectivity index (χ0v) is 7.89. The normalized spacial score (nSPS) is 12.9. The van der Waals surface area contributed by atoms with Crippen LogP contribution < -0.4 is 0 Å². The third-order valence-corrected chi connectivity index (χ3v) is 5.17. The molecule has 0 spiro atoms. The quantitative estimate of drug-likeness (QED) is 0.603. The van der Waals surface area contributed by atoms with Crippen LogP contribution in [0.25, 0.3) is 0 Å². The van der Waals surface area contributed by atoms with Gasteiger partial charge in [-0.3, -0.25) is 0 Å². The molecule has 0 bridgehead atoms. The van der Waals surface area contributed by atoms with Crippen molar-refractivity contribution in [2.24, 2.45) is 0 Å². The fourth-order valence-corrected chi connectivity index (χ4v) is 0. The van der Waals surface area contributed by atoms with Gasteiger partial charge in [0, 0.05) is 0 Å². The van der Waals surface area contributed by atoms with Crippen LogP contribution in [0.4, 0.5) is 13.2 Å². The average Bonchev–Trinajstić information content (AvgIpc) is 1.31. The fraction of sp³-hybridized carbons (Fsp3) is 1.00. The second-order valence-corrected chi connectivity index (χ2v) is 15.1. The van der Waals surface area contributed by atoms with Gasteiger partial charge in [-0.1, -0.05) is 0 Å². The predicted octanol–water partition coefficient (Wildman–Crippen LogP) is 2.37. The fourth-order valence-electron chi connectivity index (χ4n) is 0. The van der Waals surface area contributed by atoms with E-state index in [0.717, 1.165) is 0 Å². The second-order valence-electron chi connectivity index (χ2n) is 0.701. The van der Waals surface area contributed by atoms with Gasteiger partial charge in [0.1, 0.15) is 0 Å². The van der Waals surface area contributed by atoms with Gasteiger partial charge < -0.3 is 0 Å². The van der Waals surface area contributed by atoms with E-state index in [9.17, 15) is 13.2 Å². The molecule has 0 heterocycles. The van der Waals surface area contributed by atoms with Gasteiger partial charge in [0.15, 0.2) is 0 Å². The summed E-state index contributed by atoms with van der Waals surface area (Å²) in [7, 11) is -2.79. The van der Waals surface area contributed by atoms with Crippen LogP contribution in [0.1, 0.15) is 0 Å². The van der Waals surface area contributed by atoms with Gasteiger partial charge >= 0.3 is 56.9 Å². The van der Waals surface area contributed by atoms with Crippen molar-refractivity contribution in [3.63, 3.8) is 0 Å². The van der Waals surface area contributed by atoms with Crippen LogP contribution in [0.2, 0.25) is 0 Å². The maximum atomic E-state index is 11.1. The van der Waals surface area contributed by atoms with E-state index in [0.29, 0.717) is 0 Å². The molecule has 0 aromatic carbocycles. The van der Waals surface area contributed by atoms with Crippen LogP contribution in [-0.4, -0.2) is 15.9 Å². The SMILES string of the molecule is FC(F)(F)[As](Br)Br. The number of hydrogen-bond donors (Lipinski definition) is 0. The number of hydrogen-bond acceptors (Lipinski definition) is 0. The summed E-state index contributed by atoms with van der Waals surface area (Å²) in [6.07, 6.45) is 0. The van der Waals surface area contributed by atoms with E-state index in [1.807, 2.05) is 0 Å². The Hall–Kier alpha value is 1.31. The zero-order valence-electron chi connectivity index (χ0n) is 2.84. The molecule has 0 fully saturated rings. The third kappa shape index (κ3) is 3.86. The van der Waals surface area contributed by atoms with E-state index < -0.39 is 15.9 Å². The molecular weight excluding hydrogens is 304 g/mol. The molecule has 0 aliphatic carbocycles. The van der Waals surface area contributed by atoms with Gasteiger partial charge in [-0.2, -0.15) is 0 Å². The molecule has 7 heavy (non-hydrogen) atoms. The first-order valence-electron chi connectivity index (χ1n) is 1.13. The summed E-state index contributed by atoms with van der Waals surface area (Å²) in [5, 5.41) is 0. The molecule has 0 nitrogen and oxygen atoms in total. The van der Waals surface area contributed by atoms with Gasteiger partial charge in [0.05, 0.1) is 0 Å². The van der Waals surface area contributed by atoms with Gasteiger partial charge in [-0.15, -0.1) is 0 Å². The summed E-state index contributed by atoms with van der Waals surface area (Å²) >= 11 is 4.86. The third-order valence-electron chi connectivity index (χ3n) is 0.192. The average molecular weight is 304 g/mol. The molecule has 0 radical (unpaired) electrons. The van der Waals surface area contributed by atoms with Crippen LogP contribution in [0, 0.1) is 0 Å². The molecule has 0 saturated heterocycles. The summed E-state index contributed by atoms with van der Waals surface area (Å²) in [6.45, 7) is 0. The van der Waals surface area contributed by atoms with Crippen molar-refractivity contribution < 1.29 is 13.2 Å². The Bertz CT molecular complexity index is 58.4. The number of alkyl halides is 3. The summed E-state index contributed by atoms with van der Waals surface area (Å²) < 4.78 is 33.4. The molecule has 6 heteroatoms. The van der Waals surface area contributed by atoms with E-state index in [2.05, 4.69) is 27.9 Å². The molecule has 0 atom stereocenters. The van der Waals surface area contributed by atoms with E-state index in [4.69, 9.17) is 0 Å². The molecule has 0 aromatic heterocycles. The van der Waals surface area contributed by atoms with E-state index in [1.54, 1.807) is 0 Å². The predicted molar refractivity (Wildman–Crippen MR) is 29.7 cm³/mol. The molecule has 0 amide bonds. The van der Waals surface area contributed by atoms with E-state index in [-0.39, 0.29) is 0 Å². The molecular formula is CAsBr2F3. The van der Waals surface area contributed by atoms with E-state index in [1.165, 1.54) is 0 Å². The molecule has 0 aliphatic heterocycles. The Balaban J connectivity index is 3.54. The number of halogens is 5. The van der Waals surface area contributed by atoms with Crippen molar-refractivity contribution in [2.75, 3.05) is 0 Å². The molecule has 0 aliphatic rings. The van der Waals surface area contributed by atoms with Crippen LogP contribution in [0.5, 0.6) is 0 Å². The van der Waals surface area contributed by atoms with Crippen molar-refractivity contribution in [1.29, 1.82) is 0 Å². The van der Waals surface area contributed by atoms with Crippen molar-refractivity contribution in [3.8, 4) is 0 Å². The maximum absolute atomic E-state index is 11.1. The van der Waals surface area contributed by atoms with Crippen LogP contribution in [0.15, 0.2) is 0 Å². The zero-order chi connectivity index (χ0) is 6.08. The minimum absolute atomic E-state index is 2.43. The molecule has 0 rings (SSSR count). The van der Waals surface area contributed by atoms with Crippen molar-refractivity contribution in [2.45, 2.75) is 4.96 Å². The van der Waals surface area contributed by atoms with Gasteiger partial charge in [-0.05, 0) is 0 Å². The molecule has 0 unspecified atom stereocenters. The van der Waals surface area contributed by atoms with E-state index >= 15 is 0 Å². The topological polar surface area (TPSA) is 0 Å².